The maximum Gasteiger partial charge on any atom is 0.355 e. The van der Waals surface area contributed by atoms with Crippen molar-refractivity contribution in [1.29, 1.82) is 0 Å². The third kappa shape index (κ3) is 1.48. The van der Waals surface area contributed by atoms with E-state index < -0.39 is 5.97 Å². The van der Waals surface area contributed by atoms with Crippen molar-refractivity contribution >= 4 is 11.6 Å². The largest absolute Gasteiger partial charge is 0.476 e. The maximum atomic E-state index is 11.3. The quantitative estimate of drug-likeness (QED) is 0.861. The summed E-state index contributed by atoms with van der Waals surface area (Å²) in [5.74, 6) is -0.574. The lowest BCUT2D eigenvalue weighted by molar-refractivity contribution is 0.0685. The summed E-state index contributed by atoms with van der Waals surface area (Å²) in [5, 5.41) is 17.2. The Hall–Kier alpha value is -1.98. The first-order valence-electron chi connectivity index (χ1n) is 5.68. The first kappa shape index (κ1) is 10.2. The third-order valence-corrected chi connectivity index (χ3v) is 3.08. The highest BCUT2D eigenvalue weighted by Gasteiger charge is 2.30. The minimum atomic E-state index is -0.985. The molecule has 0 spiro atoms. The van der Waals surface area contributed by atoms with Crippen LogP contribution < -0.4 is 0 Å². The molecule has 1 aliphatic rings. The molecule has 0 atom stereocenters. The number of carboxylic acid groups (broad SMARTS) is 1. The van der Waals surface area contributed by atoms with E-state index in [-0.39, 0.29) is 5.69 Å². The second kappa shape index (κ2) is 3.51. The van der Waals surface area contributed by atoms with Crippen LogP contribution in [0.5, 0.6) is 0 Å². The lowest BCUT2D eigenvalue weighted by Crippen LogP contribution is -2.11. The predicted octanol–water partition coefficient (Wildman–Crippen LogP) is 1.26. The molecule has 0 saturated heterocycles. The van der Waals surface area contributed by atoms with Crippen molar-refractivity contribution < 1.29 is 9.90 Å². The molecule has 6 nitrogen and oxygen atoms in total. The van der Waals surface area contributed by atoms with E-state index in [0.717, 1.165) is 18.5 Å². The van der Waals surface area contributed by atoms with Crippen molar-refractivity contribution in [3.63, 3.8) is 0 Å². The van der Waals surface area contributed by atoms with Gasteiger partial charge in [-0.25, -0.2) is 9.78 Å². The van der Waals surface area contributed by atoms with Crippen LogP contribution in [0.4, 0.5) is 0 Å². The molecule has 0 aromatic carbocycles. The molecule has 1 aliphatic carbocycles. The molecule has 88 valence electrons. The van der Waals surface area contributed by atoms with Crippen LogP contribution in [-0.4, -0.2) is 30.9 Å². The van der Waals surface area contributed by atoms with Crippen molar-refractivity contribution in [2.45, 2.75) is 32.1 Å². The van der Waals surface area contributed by atoms with Crippen molar-refractivity contribution in [1.82, 2.24) is 19.8 Å². The van der Waals surface area contributed by atoms with Gasteiger partial charge in [0.2, 0.25) is 0 Å². The van der Waals surface area contributed by atoms with Crippen LogP contribution in [0.2, 0.25) is 0 Å². The highest BCUT2D eigenvalue weighted by atomic mass is 16.4. The summed E-state index contributed by atoms with van der Waals surface area (Å²) >= 11 is 0. The smallest absolute Gasteiger partial charge is 0.355 e. The number of hydrogen-bond acceptors (Lipinski definition) is 4. The zero-order valence-corrected chi connectivity index (χ0v) is 9.42. The number of fused-ring (bicyclic) bond motifs is 1. The molecular formula is C11H12N4O2. The molecule has 0 amide bonds. The van der Waals surface area contributed by atoms with Gasteiger partial charge in [-0.15, -0.1) is 5.10 Å². The summed E-state index contributed by atoms with van der Waals surface area (Å²) in [4.78, 5) is 15.6. The summed E-state index contributed by atoms with van der Waals surface area (Å²) in [6.07, 6.45) is 4.42. The molecule has 6 heteroatoms. The van der Waals surface area contributed by atoms with Crippen LogP contribution in [0.15, 0.2) is 6.20 Å². The van der Waals surface area contributed by atoms with Gasteiger partial charge < -0.3 is 5.11 Å². The Morgan fingerprint density at radius 1 is 1.59 bits per heavy atom. The standard InChI is InChI=1S/C11H12N4O2/c1-2-6-5-12-10-8(7-3-4-7)13-14-15(10)9(6)11(16)17/h5,7H,2-4H2,1H3,(H,16,17). The summed E-state index contributed by atoms with van der Waals surface area (Å²) < 4.78 is 1.36. The van der Waals surface area contributed by atoms with Crippen LogP contribution in [0, 0.1) is 0 Å². The molecule has 3 rings (SSSR count). The molecule has 0 bridgehead atoms. The van der Waals surface area contributed by atoms with Gasteiger partial charge in [0.05, 0.1) is 0 Å². The molecule has 1 saturated carbocycles. The third-order valence-electron chi connectivity index (χ3n) is 3.08. The minimum absolute atomic E-state index is 0.178. The average Bonchev–Trinajstić information content (AvgIpc) is 3.07. The number of aryl methyl sites for hydroxylation is 1. The van der Waals surface area contributed by atoms with E-state index in [1.165, 1.54) is 4.52 Å². The molecule has 0 aliphatic heterocycles. The molecule has 2 aromatic rings. The molecule has 2 aromatic heterocycles. The van der Waals surface area contributed by atoms with Gasteiger partial charge in [-0.1, -0.05) is 12.1 Å². The first-order valence-corrected chi connectivity index (χ1v) is 5.68. The molecule has 2 heterocycles. The summed E-state index contributed by atoms with van der Waals surface area (Å²) in [6, 6.07) is 0. The Labute approximate surface area is 97.3 Å². The minimum Gasteiger partial charge on any atom is -0.476 e. The Balaban J connectivity index is 2.28. The van der Waals surface area contributed by atoms with E-state index in [9.17, 15) is 9.90 Å². The van der Waals surface area contributed by atoms with Crippen LogP contribution in [0.1, 0.15) is 47.4 Å². The van der Waals surface area contributed by atoms with Gasteiger partial charge in [-0.2, -0.15) is 4.52 Å². The van der Waals surface area contributed by atoms with Crippen molar-refractivity contribution in [2.75, 3.05) is 0 Å². The van der Waals surface area contributed by atoms with Gasteiger partial charge in [-0.05, 0) is 19.3 Å². The molecular weight excluding hydrogens is 220 g/mol. The monoisotopic (exact) mass is 232 g/mol. The second-order valence-electron chi connectivity index (χ2n) is 4.28. The van der Waals surface area contributed by atoms with Gasteiger partial charge in [-0.3, -0.25) is 0 Å². The predicted molar refractivity (Wildman–Crippen MR) is 59.1 cm³/mol. The molecule has 1 fully saturated rings. The van der Waals surface area contributed by atoms with Crippen LogP contribution in [0.3, 0.4) is 0 Å². The topological polar surface area (TPSA) is 80.4 Å². The highest BCUT2D eigenvalue weighted by Crippen LogP contribution is 2.40. The Morgan fingerprint density at radius 3 is 2.94 bits per heavy atom. The van der Waals surface area contributed by atoms with Crippen molar-refractivity contribution in [2.24, 2.45) is 0 Å². The average molecular weight is 232 g/mol. The normalized spacial score (nSPS) is 15.4. The number of aromatic nitrogens is 4. The number of hydrogen-bond donors (Lipinski definition) is 1. The van der Waals surface area contributed by atoms with Crippen LogP contribution in [0.25, 0.3) is 5.65 Å². The number of carboxylic acids is 1. The zero-order chi connectivity index (χ0) is 12.0. The van der Waals surface area contributed by atoms with E-state index in [2.05, 4.69) is 15.3 Å². The number of aromatic carboxylic acids is 1. The molecule has 0 radical (unpaired) electrons. The van der Waals surface area contributed by atoms with Gasteiger partial charge in [0, 0.05) is 17.7 Å². The Bertz CT molecular complexity index is 601. The summed E-state index contributed by atoms with van der Waals surface area (Å²) in [7, 11) is 0. The SMILES string of the molecule is CCc1cnc2c(C3CC3)nnn2c1C(=O)O. The fourth-order valence-electron chi connectivity index (χ4n) is 2.00. The number of rotatable bonds is 3. The van der Waals surface area contributed by atoms with E-state index in [0.29, 0.717) is 23.5 Å². The molecule has 0 unspecified atom stereocenters. The lowest BCUT2D eigenvalue weighted by Gasteiger charge is -2.04. The van der Waals surface area contributed by atoms with E-state index >= 15 is 0 Å². The van der Waals surface area contributed by atoms with Gasteiger partial charge in [0.25, 0.3) is 0 Å². The Morgan fingerprint density at radius 2 is 2.35 bits per heavy atom. The van der Waals surface area contributed by atoms with Crippen LogP contribution >= 0.6 is 0 Å². The number of nitrogens with zero attached hydrogens (tertiary/aromatic N) is 4. The van der Waals surface area contributed by atoms with Crippen LogP contribution in [-0.2, 0) is 6.42 Å². The second-order valence-corrected chi connectivity index (χ2v) is 4.28. The molecule has 1 N–H and O–H groups in total. The highest BCUT2D eigenvalue weighted by molar-refractivity contribution is 5.88. The first-order chi connectivity index (χ1) is 8.22. The van der Waals surface area contributed by atoms with E-state index in [1.54, 1.807) is 6.20 Å². The number of carbonyl (C=O) groups is 1. The van der Waals surface area contributed by atoms with E-state index in [4.69, 9.17) is 0 Å². The summed E-state index contributed by atoms with van der Waals surface area (Å²) in [6.45, 7) is 1.90. The van der Waals surface area contributed by atoms with Gasteiger partial charge in [0.15, 0.2) is 11.3 Å². The fourth-order valence-corrected chi connectivity index (χ4v) is 2.00. The molecule has 17 heavy (non-hydrogen) atoms. The van der Waals surface area contributed by atoms with Gasteiger partial charge in [0.1, 0.15) is 5.69 Å². The van der Waals surface area contributed by atoms with Crippen molar-refractivity contribution in [3.8, 4) is 0 Å². The maximum absolute atomic E-state index is 11.3. The van der Waals surface area contributed by atoms with Gasteiger partial charge >= 0.3 is 5.97 Å². The van der Waals surface area contributed by atoms with E-state index in [1.807, 2.05) is 6.92 Å². The zero-order valence-electron chi connectivity index (χ0n) is 9.42. The summed E-state index contributed by atoms with van der Waals surface area (Å²) in [5.41, 5.74) is 2.27. The Kier molecular flexibility index (Phi) is 2.10. The van der Waals surface area contributed by atoms with Crippen molar-refractivity contribution in [3.05, 3.63) is 23.1 Å². The lowest BCUT2D eigenvalue weighted by atomic mass is 10.2. The fraction of sp³-hybridized carbons (Fsp3) is 0.455.